The first-order valence-corrected chi connectivity index (χ1v) is 9.52. The van der Waals surface area contributed by atoms with Gasteiger partial charge in [-0.3, -0.25) is 0 Å². The molecule has 1 aromatic rings. The Bertz CT molecular complexity index is 767. The van der Waals surface area contributed by atoms with E-state index >= 15 is 0 Å². The van der Waals surface area contributed by atoms with Crippen molar-refractivity contribution in [2.24, 2.45) is 11.7 Å². The standard InChI is InChI=1S/C17H26N2O6S.ClH/c1-11(2)14(18)8-9-19(3)26(22,23)15-10-12(16(20)24-4)6-7-13(15)17(21)25-5;/h6-7,10-11,14H,8-9,18H2,1-5H3;1H. The van der Waals surface area contributed by atoms with Crippen LogP contribution in [0.1, 0.15) is 41.0 Å². The minimum absolute atomic E-state index is 0. The fraction of sp³-hybridized carbons (Fsp3) is 0.529. The Labute approximate surface area is 166 Å². The fourth-order valence-corrected chi connectivity index (χ4v) is 3.60. The summed E-state index contributed by atoms with van der Waals surface area (Å²) in [6, 6.07) is 3.51. The van der Waals surface area contributed by atoms with Crippen molar-refractivity contribution in [3.8, 4) is 0 Å². The number of hydrogen-bond donors (Lipinski definition) is 1. The molecule has 1 aromatic carbocycles. The van der Waals surface area contributed by atoms with Crippen LogP contribution in [0.2, 0.25) is 0 Å². The Kier molecular flexibility index (Phi) is 9.94. The highest BCUT2D eigenvalue weighted by atomic mass is 35.5. The monoisotopic (exact) mass is 422 g/mol. The lowest BCUT2D eigenvalue weighted by molar-refractivity contribution is 0.0583. The Hall–Kier alpha value is -1.68. The molecule has 0 aliphatic carbocycles. The van der Waals surface area contributed by atoms with Gasteiger partial charge >= 0.3 is 11.9 Å². The fourth-order valence-electron chi connectivity index (χ4n) is 2.21. The number of ether oxygens (including phenoxy) is 2. The third kappa shape index (κ3) is 6.17. The number of nitrogens with two attached hydrogens (primary N) is 1. The van der Waals surface area contributed by atoms with Gasteiger partial charge in [-0.25, -0.2) is 22.3 Å². The summed E-state index contributed by atoms with van der Waals surface area (Å²) in [5.41, 5.74) is 5.84. The molecule has 0 heterocycles. The van der Waals surface area contributed by atoms with Crippen LogP contribution in [0.5, 0.6) is 0 Å². The van der Waals surface area contributed by atoms with Gasteiger partial charge in [-0.1, -0.05) is 13.8 Å². The van der Waals surface area contributed by atoms with Crippen molar-refractivity contribution in [1.82, 2.24) is 4.31 Å². The van der Waals surface area contributed by atoms with Gasteiger partial charge in [0, 0.05) is 19.6 Å². The Balaban J connectivity index is 0.00000676. The van der Waals surface area contributed by atoms with Crippen LogP contribution in [0, 0.1) is 5.92 Å². The van der Waals surface area contributed by atoms with Gasteiger partial charge in [0.2, 0.25) is 10.0 Å². The number of nitrogens with zero attached hydrogens (tertiary/aromatic N) is 1. The number of benzene rings is 1. The van der Waals surface area contributed by atoms with E-state index in [4.69, 9.17) is 5.73 Å². The summed E-state index contributed by atoms with van der Waals surface area (Å²) < 4.78 is 36.3. The van der Waals surface area contributed by atoms with E-state index in [1.165, 1.54) is 26.3 Å². The number of sulfonamides is 1. The van der Waals surface area contributed by atoms with Crippen LogP contribution in [0.4, 0.5) is 0 Å². The van der Waals surface area contributed by atoms with E-state index in [0.717, 1.165) is 17.5 Å². The minimum atomic E-state index is -4.04. The average Bonchev–Trinajstić information content (AvgIpc) is 2.63. The minimum Gasteiger partial charge on any atom is -0.465 e. The van der Waals surface area contributed by atoms with Crippen LogP contribution >= 0.6 is 12.4 Å². The molecule has 1 unspecified atom stereocenters. The maximum atomic E-state index is 12.9. The number of carbonyl (C=O) groups is 2. The predicted octanol–water partition coefficient (Wildman–Crippen LogP) is 1.68. The summed E-state index contributed by atoms with van der Waals surface area (Å²) in [5.74, 6) is -1.31. The molecule has 0 aliphatic heterocycles. The second-order valence-corrected chi connectivity index (χ2v) is 8.23. The summed E-state index contributed by atoms with van der Waals surface area (Å²) in [4.78, 5) is 23.4. The number of hydrogen-bond acceptors (Lipinski definition) is 7. The number of carbonyl (C=O) groups excluding carboxylic acids is 2. The highest BCUT2D eigenvalue weighted by molar-refractivity contribution is 7.89. The van der Waals surface area contributed by atoms with E-state index < -0.39 is 22.0 Å². The quantitative estimate of drug-likeness (QED) is 0.633. The van der Waals surface area contributed by atoms with Crippen molar-refractivity contribution in [3.05, 3.63) is 29.3 Å². The van der Waals surface area contributed by atoms with E-state index in [0.29, 0.717) is 6.42 Å². The van der Waals surface area contributed by atoms with Crippen molar-refractivity contribution >= 4 is 34.4 Å². The Morgan fingerprint density at radius 3 is 2.19 bits per heavy atom. The molecule has 1 atom stereocenters. The van der Waals surface area contributed by atoms with Gasteiger partial charge in [0.15, 0.2) is 0 Å². The third-order valence-corrected chi connectivity index (χ3v) is 6.03. The number of esters is 2. The van der Waals surface area contributed by atoms with Gasteiger partial charge in [-0.15, -0.1) is 12.4 Å². The van der Waals surface area contributed by atoms with Crippen molar-refractivity contribution in [2.75, 3.05) is 27.8 Å². The molecule has 0 saturated carbocycles. The predicted molar refractivity (Wildman–Crippen MR) is 104 cm³/mol. The van der Waals surface area contributed by atoms with E-state index in [2.05, 4.69) is 9.47 Å². The molecule has 0 radical (unpaired) electrons. The van der Waals surface area contributed by atoms with Crippen LogP contribution < -0.4 is 5.73 Å². The van der Waals surface area contributed by atoms with Crippen LogP contribution in [-0.4, -0.2) is 58.5 Å². The molecule has 27 heavy (non-hydrogen) atoms. The van der Waals surface area contributed by atoms with Gasteiger partial charge < -0.3 is 15.2 Å². The Morgan fingerprint density at radius 1 is 1.15 bits per heavy atom. The van der Waals surface area contributed by atoms with Crippen molar-refractivity contribution in [1.29, 1.82) is 0 Å². The zero-order valence-electron chi connectivity index (χ0n) is 16.1. The summed E-state index contributed by atoms with van der Waals surface area (Å²) in [7, 11) is -0.308. The van der Waals surface area contributed by atoms with Crippen LogP contribution in [-0.2, 0) is 19.5 Å². The van der Waals surface area contributed by atoms with Crippen molar-refractivity contribution in [2.45, 2.75) is 31.2 Å². The number of methoxy groups -OCH3 is 2. The van der Waals surface area contributed by atoms with Gasteiger partial charge in [0.1, 0.15) is 0 Å². The summed E-state index contributed by atoms with van der Waals surface area (Å²) in [6.07, 6.45) is 0.456. The first-order chi connectivity index (χ1) is 12.1. The molecule has 0 fully saturated rings. The molecule has 10 heteroatoms. The molecule has 8 nitrogen and oxygen atoms in total. The third-order valence-electron chi connectivity index (χ3n) is 4.13. The summed E-state index contributed by atoms with van der Waals surface area (Å²) in [6.45, 7) is 4.08. The van der Waals surface area contributed by atoms with Gasteiger partial charge in [0.25, 0.3) is 0 Å². The molecule has 0 saturated heterocycles. The molecule has 0 aliphatic rings. The van der Waals surface area contributed by atoms with E-state index in [1.54, 1.807) is 0 Å². The van der Waals surface area contributed by atoms with Crippen LogP contribution in [0.15, 0.2) is 23.1 Å². The Morgan fingerprint density at radius 2 is 1.70 bits per heavy atom. The molecule has 1 rings (SSSR count). The maximum Gasteiger partial charge on any atom is 0.339 e. The molecular weight excluding hydrogens is 396 g/mol. The molecule has 0 spiro atoms. The lowest BCUT2D eigenvalue weighted by Crippen LogP contribution is -2.35. The van der Waals surface area contributed by atoms with Gasteiger partial charge in [0.05, 0.1) is 30.2 Å². The molecule has 0 bridgehead atoms. The topological polar surface area (TPSA) is 116 Å². The maximum absolute atomic E-state index is 12.9. The number of halogens is 1. The average molecular weight is 423 g/mol. The molecular formula is C17H27ClN2O6S. The molecule has 0 amide bonds. The van der Waals surface area contributed by atoms with Gasteiger partial charge in [-0.2, -0.15) is 0 Å². The number of rotatable bonds is 8. The van der Waals surface area contributed by atoms with Gasteiger partial charge in [-0.05, 0) is 30.5 Å². The van der Waals surface area contributed by atoms with Crippen molar-refractivity contribution in [3.63, 3.8) is 0 Å². The van der Waals surface area contributed by atoms with Crippen LogP contribution in [0.3, 0.4) is 0 Å². The van der Waals surface area contributed by atoms with Crippen LogP contribution in [0.25, 0.3) is 0 Å². The largest absolute Gasteiger partial charge is 0.465 e. The smallest absolute Gasteiger partial charge is 0.339 e. The normalized spacial score (nSPS) is 12.4. The lowest BCUT2D eigenvalue weighted by Gasteiger charge is -2.22. The highest BCUT2D eigenvalue weighted by Crippen LogP contribution is 2.23. The highest BCUT2D eigenvalue weighted by Gasteiger charge is 2.29. The first-order valence-electron chi connectivity index (χ1n) is 8.08. The summed E-state index contributed by atoms with van der Waals surface area (Å²) >= 11 is 0. The van der Waals surface area contributed by atoms with E-state index in [1.807, 2.05) is 13.8 Å². The lowest BCUT2D eigenvalue weighted by atomic mass is 10.0. The molecule has 154 valence electrons. The van der Waals surface area contributed by atoms with Crippen molar-refractivity contribution < 1.29 is 27.5 Å². The van der Waals surface area contributed by atoms with E-state index in [9.17, 15) is 18.0 Å². The zero-order chi connectivity index (χ0) is 20.1. The summed E-state index contributed by atoms with van der Waals surface area (Å²) in [5, 5.41) is 0. The molecule has 2 N–H and O–H groups in total. The SMILES string of the molecule is COC(=O)c1ccc(C(=O)OC)c(S(=O)(=O)N(C)CCC(N)C(C)C)c1.Cl. The second-order valence-electron chi connectivity index (χ2n) is 6.22. The zero-order valence-corrected chi connectivity index (χ0v) is 17.7. The first kappa shape index (κ1) is 25.3. The van der Waals surface area contributed by atoms with E-state index in [-0.39, 0.29) is 46.9 Å². The molecule has 0 aromatic heterocycles. The second kappa shape index (κ2) is 10.6.